The van der Waals surface area contributed by atoms with E-state index < -0.39 is 10.0 Å². The van der Waals surface area contributed by atoms with Crippen LogP contribution in [0.3, 0.4) is 0 Å². The number of benzene rings is 1. The van der Waals surface area contributed by atoms with Crippen LogP contribution in [0, 0.1) is 5.92 Å². The molecule has 0 bridgehead atoms. The second kappa shape index (κ2) is 10.1. The first-order valence-corrected chi connectivity index (χ1v) is 11.4. The number of carbonyl (C=O) groups is 1. The van der Waals surface area contributed by atoms with E-state index in [1.807, 2.05) is 0 Å². The molecule has 1 fully saturated rings. The Kier molecular flexibility index (Phi) is 8.37. The number of likely N-dealkylation sites (N-methyl/N-ethyl adjacent to an activating group) is 1. The first-order chi connectivity index (χ1) is 12.8. The van der Waals surface area contributed by atoms with Gasteiger partial charge in [-0.05, 0) is 44.1 Å². The summed E-state index contributed by atoms with van der Waals surface area (Å²) in [4.78, 5) is 14.6. The fraction of sp³-hybridized carbons (Fsp3) is 0.611. The van der Waals surface area contributed by atoms with Gasteiger partial charge in [0.25, 0.3) is 0 Å². The van der Waals surface area contributed by atoms with Gasteiger partial charge in [0.1, 0.15) is 4.90 Å². The van der Waals surface area contributed by atoms with Crippen molar-refractivity contribution in [3.8, 4) is 0 Å². The third-order valence-corrected chi connectivity index (χ3v) is 7.57. The topological polar surface area (TPSA) is 69.7 Å². The van der Waals surface area contributed by atoms with Gasteiger partial charge >= 0.3 is 0 Å². The molecule has 0 aromatic heterocycles. The number of nitrogens with one attached hydrogen (secondary N) is 1. The van der Waals surface area contributed by atoms with E-state index in [0.29, 0.717) is 37.5 Å². The Balaban J connectivity index is 1.91. The second-order valence-corrected chi connectivity index (χ2v) is 9.32. The number of nitrogens with zero attached hydrogens (tertiary/aromatic N) is 2. The molecule has 27 heavy (non-hydrogen) atoms. The van der Waals surface area contributed by atoms with Crippen molar-refractivity contribution in [3.05, 3.63) is 28.2 Å². The lowest BCUT2D eigenvalue weighted by Crippen LogP contribution is -2.44. The van der Waals surface area contributed by atoms with Crippen LogP contribution in [0.15, 0.2) is 23.1 Å². The molecule has 0 unspecified atom stereocenters. The summed E-state index contributed by atoms with van der Waals surface area (Å²) in [6.07, 6.45) is 0.989. The van der Waals surface area contributed by atoms with Gasteiger partial charge in [-0.2, -0.15) is 4.31 Å². The zero-order valence-corrected chi connectivity index (χ0v) is 18.1. The fourth-order valence-corrected chi connectivity index (χ4v) is 5.40. The van der Waals surface area contributed by atoms with Gasteiger partial charge in [-0.3, -0.25) is 4.79 Å². The van der Waals surface area contributed by atoms with Crippen LogP contribution in [0.5, 0.6) is 0 Å². The van der Waals surface area contributed by atoms with Crippen LogP contribution in [-0.4, -0.2) is 62.8 Å². The van der Waals surface area contributed by atoms with E-state index in [2.05, 4.69) is 24.1 Å². The summed E-state index contributed by atoms with van der Waals surface area (Å²) < 4.78 is 27.0. The number of carbonyl (C=O) groups excluding carboxylic acids is 1. The SMILES string of the molecule is CCN(CC)CCNC(=O)C1CCN(S(=O)(=O)c2cc(Cl)ccc2Cl)CC1. The Morgan fingerprint density at radius 3 is 2.44 bits per heavy atom. The van der Waals surface area contributed by atoms with Crippen molar-refractivity contribution < 1.29 is 13.2 Å². The molecule has 152 valence electrons. The molecule has 1 heterocycles. The third kappa shape index (κ3) is 5.81. The van der Waals surface area contributed by atoms with Crippen LogP contribution in [0.2, 0.25) is 10.0 Å². The Labute approximate surface area is 171 Å². The monoisotopic (exact) mass is 435 g/mol. The van der Waals surface area contributed by atoms with E-state index in [1.165, 1.54) is 16.4 Å². The van der Waals surface area contributed by atoms with Crippen LogP contribution in [0.4, 0.5) is 0 Å². The number of sulfonamides is 1. The second-order valence-electron chi connectivity index (χ2n) is 6.57. The van der Waals surface area contributed by atoms with Crippen LogP contribution in [0.1, 0.15) is 26.7 Å². The van der Waals surface area contributed by atoms with Crippen molar-refractivity contribution in [2.75, 3.05) is 39.3 Å². The highest BCUT2D eigenvalue weighted by Crippen LogP contribution is 2.30. The third-order valence-electron chi connectivity index (χ3n) is 4.96. The van der Waals surface area contributed by atoms with Crippen molar-refractivity contribution in [2.24, 2.45) is 5.92 Å². The minimum Gasteiger partial charge on any atom is -0.355 e. The smallest absolute Gasteiger partial charge is 0.244 e. The summed E-state index contributed by atoms with van der Waals surface area (Å²) in [5.74, 6) is -0.164. The quantitative estimate of drug-likeness (QED) is 0.681. The number of hydrogen-bond donors (Lipinski definition) is 1. The Morgan fingerprint density at radius 1 is 1.22 bits per heavy atom. The molecule has 1 N–H and O–H groups in total. The number of amides is 1. The highest BCUT2D eigenvalue weighted by molar-refractivity contribution is 7.89. The molecule has 1 amide bonds. The van der Waals surface area contributed by atoms with E-state index in [4.69, 9.17) is 23.2 Å². The highest BCUT2D eigenvalue weighted by Gasteiger charge is 2.33. The number of halogens is 2. The average Bonchev–Trinajstić information content (AvgIpc) is 2.67. The van der Waals surface area contributed by atoms with Gasteiger partial charge in [-0.1, -0.05) is 37.0 Å². The van der Waals surface area contributed by atoms with Gasteiger partial charge in [-0.25, -0.2) is 8.42 Å². The molecule has 9 heteroatoms. The van der Waals surface area contributed by atoms with Gasteiger partial charge in [0.2, 0.25) is 15.9 Å². The highest BCUT2D eigenvalue weighted by atomic mass is 35.5. The predicted octanol–water partition coefficient (Wildman–Crippen LogP) is 2.85. The molecule has 1 aromatic carbocycles. The molecule has 1 aliphatic rings. The maximum Gasteiger partial charge on any atom is 0.244 e. The van der Waals surface area contributed by atoms with E-state index >= 15 is 0 Å². The molecule has 0 aliphatic carbocycles. The van der Waals surface area contributed by atoms with Gasteiger partial charge in [0.15, 0.2) is 0 Å². The van der Waals surface area contributed by atoms with Crippen molar-refractivity contribution in [2.45, 2.75) is 31.6 Å². The van der Waals surface area contributed by atoms with E-state index in [0.717, 1.165) is 19.6 Å². The Hall–Kier alpha value is -0.860. The molecule has 0 spiro atoms. The zero-order valence-electron chi connectivity index (χ0n) is 15.7. The van der Waals surface area contributed by atoms with E-state index in [1.54, 1.807) is 6.07 Å². The fourth-order valence-electron chi connectivity index (χ4n) is 3.19. The number of rotatable bonds is 8. The molecule has 0 radical (unpaired) electrons. The Bertz CT molecular complexity index is 746. The van der Waals surface area contributed by atoms with Gasteiger partial charge < -0.3 is 10.2 Å². The summed E-state index contributed by atoms with van der Waals surface area (Å²) in [6, 6.07) is 4.40. The maximum absolute atomic E-state index is 12.8. The first kappa shape index (κ1) is 22.4. The lowest BCUT2D eigenvalue weighted by molar-refractivity contribution is -0.126. The van der Waals surface area contributed by atoms with E-state index in [9.17, 15) is 13.2 Å². The molecule has 0 saturated carbocycles. The van der Waals surface area contributed by atoms with Crippen LogP contribution >= 0.6 is 23.2 Å². The summed E-state index contributed by atoms with van der Waals surface area (Å²) >= 11 is 12.0. The molecule has 1 aliphatic heterocycles. The molecular formula is C18H27Cl2N3O3S. The van der Waals surface area contributed by atoms with Crippen molar-refractivity contribution >= 4 is 39.1 Å². The van der Waals surface area contributed by atoms with Crippen LogP contribution < -0.4 is 5.32 Å². The molecule has 2 rings (SSSR count). The van der Waals surface area contributed by atoms with Crippen molar-refractivity contribution in [3.63, 3.8) is 0 Å². The van der Waals surface area contributed by atoms with Crippen molar-refractivity contribution in [1.82, 2.24) is 14.5 Å². The molecule has 1 aromatic rings. The molecule has 1 saturated heterocycles. The Morgan fingerprint density at radius 2 is 1.85 bits per heavy atom. The van der Waals surface area contributed by atoms with E-state index in [-0.39, 0.29) is 21.7 Å². The molecular weight excluding hydrogens is 409 g/mol. The van der Waals surface area contributed by atoms with Gasteiger partial charge in [0, 0.05) is 37.1 Å². The minimum atomic E-state index is -3.72. The number of hydrogen-bond acceptors (Lipinski definition) is 4. The standard InChI is InChI=1S/C18H27Cl2N3O3S/c1-3-22(4-2)12-9-21-18(24)14-7-10-23(11-8-14)27(25,26)17-13-15(19)5-6-16(17)20/h5-6,13-14H,3-4,7-12H2,1-2H3,(H,21,24). The minimum absolute atomic E-state index is 0.00000737. The lowest BCUT2D eigenvalue weighted by atomic mass is 9.97. The molecule has 0 atom stereocenters. The maximum atomic E-state index is 12.8. The summed E-state index contributed by atoms with van der Waals surface area (Å²) in [5.41, 5.74) is 0. The average molecular weight is 436 g/mol. The normalized spacial score (nSPS) is 16.6. The van der Waals surface area contributed by atoms with Crippen LogP contribution in [0.25, 0.3) is 0 Å². The van der Waals surface area contributed by atoms with Gasteiger partial charge in [-0.15, -0.1) is 0 Å². The van der Waals surface area contributed by atoms with Gasteiger partial charge in [0.05, 0.1) is 5.02 Å². The van der Waals surface area contributed by atoms with Crippen LogP contribution in [-0.2, 0) is 14.8 Å². The predicted molar refractivity (Wildman–Crippen MR) is 109 cm³/mol. The summed E-state index contributed by atoms with van der Waals surface area (Å²) in [6.45, 7) is 8.10. The summed E-state index contributed by atoms with van der Waals surface area (Å²) in [7, 11) is -3.72. The zero-order chi connectivity index (χ0) is 20.0. The largest absolute Gasteiger partial charge is 0.355 e. The number of piperidine rings is 1. The summed E-state index contributed by atoms with van der Waals surface area (Å²) in [5, 5.41) is 3.43. The van der Waals surface area contributed by atoms with Crippen molar-refractivity contribution in [1.29, 1.82) is 0 Å². The first-order valence-electron chi connectivity index (χ1n) is 9.24. The lowest BCUT2D eigenvalue weighted by Gasteiger charge is -2.31. The molecule has 6 nitrogen and oxygen atoms in total.